The molecule has 4 rings (SSSR count). The van der Waals surface area contributed by atoms with Gasteiger partial charge >= 0.3 is 0 Å². The van der Waals surface area contributed by atoms with Crippen LogP contribution < -0.4 is 5.32 Å². The Balaban J connectivity index is 1.44. The fourth-order valence-corrected chi connectivity index (χ4v) is 3.44. The molecule has 0 aliphatic carbocycles. The zero-order valence-corrected chi connectivity index (χ0v) is 14.5. The summed E-state index contributed by atoms with van der Waals surface area (Å²) in [7, 11) is 2.11. The van der Waals surface area contributed by atoms with Gasteiger partial charge in [0.05, 0.1) is 0 Å². The number of nitrogens with zero attached hydrogens (tertiary/aromatic N) is 2. The van der Waals surface area contributed by atoms with E-state index in [0.29, 0.717) is 29.6 Å². The van der Waals surface area contributed by atoms with Crippen molar-refractivity contribution >= 4 is 17.0 Å². The van der Waals surface area contributed by atoms with Gasteiger partial charge in [0.15, 0.2) is 11.5 Å². The van der Waals surface area contributed by atoms with Crippen LogP contribution in [-0.2, 0) is 13.0 Å². The highest BCUT2D eigenvalue weighted by Crippen LogP contribution is 2.22. The zero-order chi connectivity index (χ0) is 17.4. The molecule has 128 valence electrons. The molecule has 5 nitrogen and oxygen atoms in total. The number of carbonyl (C=O) groups excluding carboxylic acids is 1. The normalized spacial score (nSPS) is 17.4. The van der Waals surface area contributed by atoms with Crippen molar-refractivity contribution in [1.29, 1.82) is 0 Å². The van der Waals surface area contributed by atoms with E-state index in [1.54, 1.807) is 19.1 Å². The molecule has 25 heavy (non-hydrogen) atoms. The summed E-state index contributed by atoms with van der Waals surface area (Å²) in [5.74, 6) is 0.526. The molecular weight excluding hydrogens is 314 g/mol. The van der Waals surface area contributed by atoms with E-state index in [1.165, 1.54) is 11.1 Å². The maximum atomic E-state index is 12.5. The fourth-order valence-electron chi connectivity index (χ4n) is 3.44. The lowest BCUT2D eigenvalue weighted by atomic mass is 9.94. The number of carbonyl (C=O) groups is 1. The average molecular weight is 335 g/mol. The summed E-state index contributed by atoms with van der Waals surface area (Å²) in [4.78, 5) is 19.1. The lowest BCUT2D eigenvalue weighted by molar-refractivity contribution is 0.0934. The Hall–Kier alpha value is -2.66. The molecule has 0 radical (unpaired) electrons. The summed E-state index contributed by atoms with van der Waals surface area (Å²) >= 11 is 0. The second-order valence-electron chi connectivity index (χ2n) is 6.67. The monoisotopic (exact) mass is 335 g/mol. The first-order chi connectivity index (χ1) is 12.1. The molecule has 0 bridgehead atoms. The van der Waals surface area contributed by atoms with Gasteiger partial charge in [0, 0.05) is 31.6 Å². The van der Waals surface area contributed by atoms with Crippen molar-refractivity contribution in [2.45, 2.75) is 25.9 Å². The van der Waals surface area contributed by atoms with Gasteiger partial charge in [-0.3, -0.25) is 9.69 Å². The van der Waals surface area contributed by atoms with Gasteiger partial charge in [0.25, 0.3) is 5.91 Å². The molecule has 0 spiro atoms. The van der Waals surface area contributed by atoms with E-state index in [-0.39, 0.29) is 5.91 Å². The summed E-state index contributed by atoms with van der Waals surface area (Å²) in [6.07, 6.45) is 0.952. The van der Waals surface area contributed by atoms with Crippen molar-refractivity contribution in [3.63, 3.8) is 0 Å². The van der Waals surface area contributed by atoms with E-state index in [0.717, 1.165) is 18.5 Å². The smallest absolute Gasteiger partial charge is 0.251 e. The lowest BCUT2D eigenvalue weighted by Gasteiger charge is -2.34. The molecule has 3 aromatic rings. The van der Waals surface area contributed by atoms with Crippen LogP contribution in [0.2, 0.25) is 0 Å². The van der Waals surface area contributed by atoms with Gasteiger partial charge in [-0.25, -0.2) is 4.98 Å². The number of amides is 1. The Bertz CT molecular complexity index is 932. The quantitative estimate of drug-likeness (QED) is 0.799. The topological polar surface area (TPSA) is 58.4 Å². The first-order valence-electron chi connectivity index (χ1n) is 8.52. The third kappa shape index (κ3) is 3.15. The molecule has 0 fully saturated rings. The molecule has 1 atom stereocenters. The molecule has 1 aliphatic rings. The van der Waals surface area contributed by atoms with E-state index in [2.05, 4.69) is 46.5 Å². The molecule has 1 amide bonds. The third-order valence-electron chi connectivity index (χ3n) is 4.87. The van der Waals surface area contributed by atoms with Crippen LogP contribution in [0.5, 0.6) is 0 Å². The number of hydrogen-bond acceptors (Lipinski definition) is 4. The summed E-state index contributed by atoms with van der Waals surface area (Å²) in [6, 6.07) is 14.2. The van der Waals surface area contributed by atoms with Crippen molar-refractivity contribution in [3.05, 3.63) is 65.0 Å². The van der Waals surface area contributed by atoms with Gasteiger partial charge in [-0.05, 0) is 42.8 Å². The number of aromatic nitrogens is 1. The average Bonchev–Trinajstić information content (AvgIpc) is 2.98. The molecule has 1 aliphatic heterocycles. The number of benzene rings is 2. The molecule has 2 aromatic carbocycles. The Morgan fingerprint density at radius 1 is 1.28 bits per heavy atom. The summed E-state index contributed by atoms with van der Waals surface area (Å²) in [5.41, 5.74) is 4.77. The Labute approximate surface area is 146 Å². The van der Waals surface area contributed by atoms with Crippen molar-refractivity contribution in [2.24, 2.45) is 0 Å². The third-order valence-corrected chi connectivity index (χ3v) is 4.87. The van der Waals surface area contributed by atoms with E-state index >= 15 is 0 Å². The summed E-state index contributed by atoms with van der Waals surface area (Å²) < 4.78 is 5.51. The Kier molecular flexibility index (Phi) is 4.01. The highest BCUT2D eigenvalue weighted by Gasteiger charge is 2.23. The van der Waals surface area contributed by atoms with Crippen LogP contribution in [0.4, 0.5) is 0 Å². The van der Waals surface area contributed by atoms with Crippen LogP contribution in [0.3, 0.4) is 0 Å². The van der Waals surface area contributed by atoms with Crippen LogP contribution in [0, 0.1) is 6.92 Å². The zero-order valence-electron chi connectivity index (χ0n) is 14.5. The highest BCUT2D eigenvalue weighted by atomic mass is 16.3. The molecule has 0 unspecified atom stereocenters. The van der Waals surface area contributed by atoms with Gasteiger partial charge in [0.1, 0.15) is 5.52 Å². The number of oxazole rings is 1. The second-order valence-corrected chi connectivity index (χ2v) is 6.67. The number of likely N-dealkylation sites (N-methyl/N-ethyl adjacent to an activating group) is 1. The standard InChI is InChI=1S/C20H21N3O2/c1-13-22-18-8-7-15(10-19(18)25-13)20(24)21-11-17-9-14-5-3-4-6-16(14)12-23(17)2/h3-8,10,17H,9,11-12H2,1-2H3,(H,21,24)/t17-/m1/s1. The van der Waals surface area contributed by atoms with E-state index in [4.69, 9.17) is 4.42 Å². The van der Waals surface area contributed by atoms with Gasteiger partial charge in [-0.1, -0.05) is 24.3 Å². The minimum absolute atomic E-state index is 0.0804. The maximum absolute atomic E-state index is 12.5. The van der Waals surface area contributed by atoms with E-state index in [1.807, 2.05) is 6.07 Å². The predicted octanol–water partition coefficient (Wildman–Crippen LogP) is 2.92. The molecule has 0 saturated carbocycles. The second kappa shape index (κ2) is 6.33. The van der Waals surface area contributed by atoms with Gasteiger partial charge < -0.3 is 9.73 Å². The molecule has 5 heteroatoms. The molecule has 1 N–H and O–H groups in total. The van der Waals surface area contributed by atoms with Gasteiger partial charge in [-0.2, -0.15) is 0 Å². The van der Waals surface area contributed by atoms with Crippen LogP contribution in [-0.4, -0.2) is 35.4 Å². The van der Waals surface area contributed by atoms with Crippen molar-refractivity contribution in [1.82, 2.24) is 15.2 Å². The SMILES string of the molecule is Cc1nc2ccc(C(=O)NC[C@H]3Cc4ccccc4CN3C)cc2o1. The Morgan fingerprint density at radius 2 is 2.08 bits per heavy atom. The van der Waals surface area contributed by atoms with Crippen LogP contribution >= 0.6 is 0 Å². The largest absolute Gasteiger partial charge is 0.441 e. The number of fused-ring (bicyclic) bond motifs is 2. The van der Waals surface area contributed by atoms with Crippen molar-refractivity contribution < 1.29 is 9.21 Å². The van der Waals surface area contributed by atoms with Crippen LogP contribution in [0.15, 0.2) is 46.9 Å². The first kappa shape index (κ1) is 15.8. The van der Waals surface area contributed by atoms with Crippen LogP contribution in [0.25, 0.3) is 11.1 Å². The Morgan fingerprint density at radius 3 is 2.92 bits per heavy atom. The summed E-state index contributed by atoms with van der Waals surface area (Å²) in [5, 5.41) is 3.06. The number of nitrogens with one attached hydrogen (secondary N) is 1. The van der Waals surface area contributed by atoms with Crippen molar-refractivity contribution in [2.75, 3.05) is 13.6 Å². The maximum Gasteiger partial charge on any atom is 0.251 e. The predicted molar refractivity (Wildman–Crippen MR) is 96.5 cm³/mol. The minimum atomic E-state index is -0.0804. The molecular formula is C20H21N3O2. The van der Waals surface area contributed by atoms with Gasteiger partial charge in [0.2, 0.25) is 0 Å². The van der Waals surface area contributed by atoms with Gasteiger partial charge in [-0.15, -0.1) is 0 Å². The summed E-state index contributed by atoms with van der Waals surface area (Å²) in [6.45, 7) is 3.34. The molecule has 2 heterocycles. The molecule has 0 saturated heterocycles. The van der Waals surface area contributed by atoms with Crippen LogP contribution in [0.1, 0.15) is 27.4 Å². The highest BCUT2D eigenvalue weighted by molar-refractivity contribution is 5.97. The van der Waals surface area contributed by atoms with E-state index < -0.39 is 0 Å². The lowest BCUT2D eigenvalue weighted by Crippen LogP contribution is -2.45. The van der Waals surface area contributed by atoms with E-state index in [9.17, 15) is 4.79 Å². The number of aryl methyl sites for hydroxylation is 1. The first-order valence-corrected chi connectivity index (χ1v) is 8.52. The number of hydrogen-bond donors (Lipinski definition) is 1. The fraction of sp³-hybridized carbons (Fsp3) is 0.300. The minimum Gasteiger partial charge on any atom is -0.441 e. The molecule has 1 aromatic heterocycles. The van der Waals surface area contributed by atoms with Crippen molar-refractivity contribution in [3.8, 4) is 0 Å². The number of rotatable bonds is 3.